The zero-order valence-electron chi connectivity index (χ0n) is 13.9. The van der Waals surface area contributed by atoms with Crippen molar-refractivity contribution in [1.82, 2.24) is 15.6 Å². The number of carbonyl (C=O) groups excluding carboxylic acids is 2. The van der Waals surface area contributed by atoms with Gasteiger partial charge in [0.1, 0.15) is 0 Å². The number of hydrogen-bond acceptors (Lipinski definition) is 4. The lowest BCUT2D eigenvalue weighted by Crippen LogP contribution is -2.27. The number of nitrogens with one attached hydrogen (secondary N) is 2. The molecule has 1 aromatic heterocycles. The number of ether oxygens (including phenoxy) is 1. The third kappa shape index (κ3) is 6.17. The van der Waals surface area contributed by atoms with Gasteiger partial charge in [-0.2, -0.15) is 0 Å². The first-order valence-corrected chi connectivity index (χ1v) is 8.23. The first-order valence-electron chi connectivity index (χ1n) is 7.85. The Morgan fingerprint density at radius 1 is 1.08 bits per heavy atom. The number of rotatable bonds is 8. The van der Waals surface area contributed by atoms with Crippen LogP contribution in [0.15, 0.2) is 42.7 Å². The molecule has 0 unspecified atom stereocenters. The number of halogens is 1. The second-order valence-electron chi connectivity index (χ2n) is 5.37. The monoisotopic (exact) mass is 361 g/mol. The fourth-order valence-corrected chi connectivity index (χ4v) is 2.22. The summed E-state index contributed by atoms with van der Waals surface area (Å²) < 4.78 is 4.93. The number of carbonyl (C=O) groups is 2. The fourth-order valence-electron chi connectivity index (χ4n) is 2.10. The summed E-state index contributed by atoms with van der Waals surface area (Å²) in [6.07, 6.45) is 3.58. The van der Waals surface area contributed by atoms with Crippen LogP contribution in [0.2, 0.25) is 5.02 Å². The van der Waals surface area contributed by atoms with Crippen LogP contribution < -0.4 is 10.6 Å². The van der Waals surface area contributed by atoms with Gasteiger partial charge in [-0.25, -0.2) is 0 Å². The molecule has 0 radical (unpaired) electrons. The minimum atomic E-state index is -0.295. The van der Waals surface area contributed by atoms with Gasteiger partial charge in [-0.05, 0) is 30.2 Å². The molecule has 2 rings (SSSR count). The summed E-state index contributed by atoms with van der Waals surface area (Å²) >= 11 is 5.83. The summed E-state index contributed by atoms with van der Waals surface area (Å²) in [4.78, 5) is 28.3. The maximum absolute atomic E-state index is 12.2. The van der Waals surface area contributed by atoms with Gasteiger partial charge < -0.3 is 15.4 Å². The van der Waals surface area contributed by atoms with Crippen molar-refractivity contribution >= 4 is 23.4 Å². The van der Waals surface area contributed by atoms with Crippen LogP contribution in [0.5, 0.6) is 0 Å². The van der Waals surface area contributed by atoms with Crippen molar-refractivity contribution in [2.75, 3.05) is 20.3 Å². The molecule has 0 spiro atoms. The number of methoxy groups -OCH3 is 1. The Kier molecular flexibility index (Phi) is 7.37. The Labute approximate surface area is 151 Å². The quantitative estimate of drug-likeness (QED) is 0.708. The van der Waals surface area contributed by atoms with E-state index >= 15 is 0 Å². The lowest BCUT2D eigenvalue weighted by Gasteiger charge is -2.08. The molecule has 132 valence electrons. The van der Waals surface area contributed by atoms with E-state index in [0.29, 0.717) is 35.8 Å². The van der Waals surface area contributed by atoms with Crippen LogP contribution >= 0.6 is 11.6 Å². The average Bonchev–Trinajstić information content (AvgIpc) is 2.64. The van der Waals surface area contributed by atoms with Gasteiger partial charge in [-0.3, -0.25) is 14.6 Å². The Bertz CT molecular complexity index is 720. The number of aromatic nitrogens is 1. The van der Waals surface area contributed by atoms with Crippen molar-refractivity contribution < 1.29 is 14.3 Å². The van der Waals surface area contributed by atoms with Gasteiger partial charge in [0.15, 0.2) is 0 Å². The molecular weight excluding hydrogens is 342 g/mol. The van der Waals surface area contributed by atoms with Gasteiger partial charge in [0, 0.05) is 44.2 Å². The topological polar surface area (TPSA) is 80.3 Å². The third-order valence-electron chi connectivity index (χ3n) is 3.44. The summed E-state index contributed by atoms with van der Waals surface area (Å²) in [5.74, 6) is -0.563. The largest absolute Gasteiger partial charge is 0.385 e. The summed E-state index contributed by atoms with van der Waals surface area (Å²) in [5, 5.41) is 6.19. The third-order valence-corrected chi connectivity index (χ3v) is 3.69. The predicted octanol–water partition coefficient (Wildman–Crippen LogP) is 2.43. The second-order valence-corrected chi connectivity index (χ2v) is 5.81. The van der Waals surface area contributed by atoms with Gasteiger partial charge in [0.2, 0.25) is 0 Å². The van der Waals surface area contributed by atoms with Gasteiger partial charge >= 0.3 is 0 Å². The van der Waals surface area contributed by atoms with Crippen molar-refractivity contribution in [3.05, 3.63) is 64.4 Å². The van der Waals surface area contributed by atoms with E-state index in [2.05, 4.69) is 15.6 Å². The zero-order chi connectivity index (χ0) is 18.1. The van der Waals surface area contributed by atoms with Gasteiger partial charge in [0.05, 0.1) is 11.1 Å². The number of nitrogens with zero attached hydrogens (tertiary/aromatic N) is 1. The van der Waals surface area contributed by atoms with Gasteiger partial charge in [0.25, 0.3) is 11.8 Å². The highest BCUT2D eigenvalue weighted by atomic mass is 35.5. The Balaban J connectivity index is 1.91. The standard InChI is InChI=1S/C18H20ClN3O3/c1-25-8-2-7-21-17(23)14-9-15(12-20-11-14)18(24)22-10-13-3-5-16(19)6-4-13/h3-6,9,11-12H,2,7-8,10H2,1H3,(H,21,23)(H,22,24). The molecular formula is C18H20ClN3O3. The molecule has 0 saturated carbocycles. The maximum Gasteiger partial charge on any atom is 0.253 e. The van der Waals surface area contributed by atoms with Crippen LogP contribution in [-0.2, 0) is 11.3 Å². The molecule has 0 aliphatic heterocycles. The molecule has 0 atom stereocenters. The van der Waals surface area contributed by atoms with Crippen molar-refractivity contribution in [1.29, 1.82) is 0 Å². The molecule has 7 heteroatoms. The fraction of sp³-hybridized carbons (Fsp3) is 0.278. The number of pyridine rings is 1. The summed E-state index contributed by atoms with van der Waals surface area (Å²) in [6.45, 7) is 1.44. The molecule has 1 aromatic carbocycles. The molecule has 0 saturated heterocycles. The highest BCUT2D eigenvalue weighted by Gasteiger charge is 2.11. The smallest absolute Gasteiger partial charge is 0.253 e. The maximum atomic E-state index is 12.2. The van der Waals surface area contributed by atoms with Crippen LogP contribution in [-0.4, -0.2) is 37.1 Å². The van der Waals surface area contributed by atoms with E-state index in [4.69, 9.17) is 16.3 Å². The minimum Gasteiger partial charge on any atom is -0.385 e. The Hall–Kier alpha value is -2.44. The van der Waals surface area contributed by atoms with Crippen molar-refractivity contribution in [2.24, 2.45) is 0 Å². The molecule has 2 N–H and O–H groups in total. The first-order chi connectivity index (χ1) is 12.1. The van der Waals surface area contributed by atoms with Crippen LogP contribution in [0.3, 0.4) is 0 Å². The number of amides is 2. The van der Waals surface area contributed by atoms with E-state index in [-0.39, 0.29) is 11.8 Å². The second kappa shape index (κ2) is 9.76. The van der Waals surface area contributed by atoms with E-state index in [1.54, 1.807) is 19.2 Å². The summed E-state index contributed by atoms with van der Waals surface area (Å²) in [5.41, 5.74) is 1.60. The highest BCUT2D eigenvalue weighted by molar-refractivity contribution is 6.30. The highest BCUT2D eigenvalue weighted by Crippen LogP contribution is 2.09. The van der Waals surface area contributed by atoms with E-state index < -0.39 is 0 Å². The van der Waals surface area contributed by atoms with Crippen LogP contribution in [0.1, 0.15) is 32.7 Å². The van der Waals surface area contributed by atoms with Crippen LogP contribution in [0, 0.1) is 0 Å². The molecule has 25 heavy (non-hydrogen) atoms. The first kappa shape index (κ1) is 18.9. The van der Waals surface area contributed by atoms with Crippen molar-refractivity contribution in [3.63, 3.8) is 0 Å². The number of hydrogen-bond donors (Lipinski definition) is 2. The average molecular weight is 362 g/mol. The van der Waals surface area contributed by atoms with Crippen LogP contribution in [0.4, 0.5) is 0 Å². The molecule has 0 bridgehead atoms. The van der Waals surface area contributed by atoms with Crippen LogP contribution in [0.25, 0.3) is 0 Å². The molecule has 0 aliphatic carbocycles. The van der Waals surface area contributed by atoms with E-state index in [1.807, 2.05) is 12.1 Å². The van der Waals surface area contributed by atoms with Gasteiger partial charge in [-0.1, -0.05) is 23.7 Å². The Morgan fingerprint density at radius 3 is 2.36 bits per heavy atom. The normalized spacial score (nSPS) is 10.3. The van der Waals surface area contributed by atoms with Crippen molar-refractivity contribution in [2.45, 2.75) is 13.0 Å². The summed E-state index contributed by atoms with van der Waals surface area (Å²) in [6, 6.07) is 8.73. The summed E-state index contributed by atoms with van der Waals surface area (Å²) in [7, 11) is 1.61. The molecule has 2 amide bonds. The molecule has 6 nitrogen and oxygen atoms in total. The van der Waals surface area contributed by atoms with Gasteiger partial charge in [-0.15, -0.1) is 0 Å². The van der Waals surface area contributed by atoms with E-state index in [0.717, 1.165) is 12.0 Å². The Morgan fingerprint density at radius 2 is 1.72 bits per heavy atom. The minimum absolute atomic E-state index is 0.268. The van der Waals surface area contributed by atoms with E-state index in [9.17, 15) is 9.59 Å². The molecule has 0 fully saturated rings. The SMILES string of the molecule is COCCCNC(=O)c1cncc(C(=O)NCc2ccc(Cl)cc2)c1. The lowest BCUT2D eigenvalue weighted by molar-refractivity contribution is 0.0948. The lowest BCUT2D eigenvalue weighted by atomic mass is 10.1. The molecule has 0 aliphatic rings. The number of benzene rings is 1. The van der Waals surface area contributed by atoms with Crippen molar-refractivity contribution in [3.8, 4) is 0 Å². The predicted molar refractivity (Wildman–Crippen MR) is 95.7 cm³/mol. The molecule has 2 aromatic rings. The zero-order valence-corrected chi connectivity index (χ0v) is 14.7. The molecule has 1 heterocycles. The van der Waals surface area contributed by atoms with E-state index in [1.165, 1.54) is 18.5 Å².